The average molecular weight is 332 g/mol. The number of hydrogen-bond donors (Lipinski definition) is 1. The van der Waals surface area contributed by atoms with Crippen LogP contribution in [0.1, 0.15) is 25.7 Å². The number of nitrogens with one attached hydrogen (secondary N) is 1. The fraction of sp³-hybridized carbons (Fsp3) is 0.500. The van der Waals surface area contributed by atoms with Gasteiger partial charge in [0.05, 0.1) is 17.9 Å². The van der Waals surface area contributed by atoms with Crippen LogP contribution in [0.4, 0.5) is 0 Å². The van der Waals surface area contributed by atoms with Gasteiger partial charge in [-0.25, -0.2) is 13.1 Å². The minimum atomic E-state index is -3.58. The van der Waals surface area contributed by atoms with Crippen molar-refractivity contribution < 1.29 is 17.9 Å². The Balaban J connectivity index is 1.98. The molecule has 1 fully saturated rings. The summed E-state index contributed by atoms with van der Waals surface area (Å²) in [6.45, 7) is 0. The van der Waals surface area contributed by atoms with Crippen molar-refractivity contribution in [2.24, 2.45) is 5.92 Å². The molecule has 0 spiro atoms. The molecule has 0 aliphatic heterocycles. The zero-order valence-electron chi connectivity index (χ0n) is 11.7. The van der Waals surface area contributed by atoms with Crippen LogP contribution < -0.4 is 4.72 Å². The Morgan fingerprint density at radius 2 is 1.95 bits per heavy atom. The van der Waals surface area contributed by atoms with Gasteiger partial charge in [0.15, 0.2) is 0 Å². The van der Waals surface area contributed by atoms with Gasteiger partial charge in [0.2, 0.25) is 10.0 Å². The summed E-state index contributed by atoms with van der Waals surface area (Å²) in [6, 6.07) is 6.00. The smallest absolute Gasteiger partial charge is 0.308 e. The average Bonchev–Trinajstić information content (AvgIpc) is 2.47. The minimum Gasteiger partial charge on any atom is -0.469 e. The fourth-order valence-corrected chi connectivity index (χ4v) is 4.14. The van der Waals surface area contributed by atoms with Crippen molar-refractivity contribution in [3.63, 3.8) is 0 Å². The molecule has 0 amide bonds. The molecule has 0 unspecified atom stereocenters. The summed E-state index contributed by atoms with van der Waals surface area (Å²) in [5.41, 5.74) is 0. The van der Waals surface area contributed by atoms with Gasteiger partial charge < -0.3 is 4.74 Å². The fourth-order valence-electron chi connectivity index (χ4n) is 2.54. The Morgan fingerprint density at radius 1 is 1.29 bits per heavy atom. The largest absolute Gasteiger partial charge is 0.469 e. The molecule has 1 aliphatic rings. The van der Waals surface area contributed by atoms with E-state index in [1.165, 1.54) is 19.2 Å². The lowest BCUT2D eigenvalue weighted by atomic mass is 9.86. The molecule has 1 aliphatic carbocycles. The zero-order valence-corrected chi connectivity index (χ0v) is 13.3. The maximum absolute atomic E-state index is 12.3. The van der Waals surface area contributed by atoms with E-state index in [4.69, 9.17) is 16.3 Å². The normalized spacial score (nSPS) is 22.8. The molecule has 1 aromatic rings. The Hall–Kier alpha value is -1.11. The third-order valence-corrected chi connectivity index (χ3v) is 5.44. The number of esters is 1. The van der Waals surface area contributed by atoms with Crippen LogP contribution in [0.15, 0.2) is 29.2 Å². The van der Waals surface area contributed by atoms with E-state index in [2.05, 4.69) is 4.72 Å². The van der Waals surface area contributed by atoms with E-state index in [1.54, 1.807) is 12.1 Å². The third kappa shape index (κ3) is 4.18. The van der Waals surface area contributed by atoms with E-state index in [1.807, 2.05) is 0 Å². The summed E-state index contributed by atoms with van der Waals surface area (Å²) in [4.78, 5) is 11.6. The predicted octanol–water partition coefficient (Wildman–Crippen LogP) is 2.35. The monoisotopic (exact) mass is 331 g/mol. The van der Waals surface area contributed by atoms with E-state index in [-0.39, 0.29) is 22.8 Å². The molecule has 0 heterocycles. The first-order valence-corrected chi connectivity index (χ1v) is 8.64. The summed E-state index contributed by atoms with van der Waals surface area (Å²) in [7, 11) is -2.21. The lowest BCUT2D eigenvalue weighted by Crippen LogP contribution is -2.38. The number of carbonyl (C=O) groups is 1. The number of sulfonamides is 1. The Kier molecular flexibility index (Phi) is 5.24. The van der Waals surface area contributed by atoms with Crippen molar-refractivity contribution in [3.05, 3.63) is 29.3 Å². The molecular formula is C14H18ClNO4S. The molecule has 1 N–H and O–H groups in total. The highest BCUT2D eigenvalue weighted by Gasteiger charge is 2.29. The van der Waals surface area contributed by atoms with Crippen molar-refractivity contribution in [3.8, 4) is 0 Å². The summed E-state index contributed by atoms with van der Waals surface area (Å²) >= 11 is 5.82. The number of benzene rings is 1. The van der Waals surface area contributed by atoms with Crippen molar-refractivity contribution in [1.29, 1.82) is 0 Å². The van der Waals surface area contributed by atoms with Gasteiger partial charge in [-0.15, -0.1) is 0 Å². The maximum Gasteiger partial charge on any atom is 0.308 e. The SMILES string of the molecule is COC(=O)C1CCC(NS(=O)(=O)c2cccc(Cl)c2)CC1. The van der Waals surface area contributed by atoms with Crippen molar-refractivity contribution in [2.45, 2.75) is 36.6 Å². The van der Waals surface area contributed by atoms with Crippen molar-refractivity contribution in [1.82, 2.24) is 4.72 Å². The summed E-state index contributed by atoms with van der Waals surface area (Å²) in [6.07, 6.45) is 2.52. The van der Waals surface area contributed by atoms with E-state index in [9.17, 15) is 13.2 Å². The van der Waals surface area contributed by atoms with E-state index < -0.39 is 10.0 Å². The van der Waals surface area contributed by atoms with Crippen LogP contribution in [0.3, 0.4) is 0 Å². The molecule has 0 saturated heterocycles. The number of ether oxygens (including phenoxy) is 1. The van der Waals surface area contributed by atoms with Crippen LogP contribution in [0.5, 0.6) is 0 Å². The molecule has 0 atom stereocenters. The Labute approximate surface area is 129 Å². The molecule has 0 aromatic heterocycles. The molecular weight excluding hydrogens is 314 g/mol. The van der Waals surface area contributed by atoms with E-state index in [0.29, 0.717) is 30.7 Å². The lowest BCUT2D eigenvalue weighted by molar-refractivity contribution is -0.146. The van der Waals surface area contributed by atoms with Crippen LogP contribution in [-0.4, -0.2) is 27.5 Å². The minimum absolute atomic E-state index is 0.123. The maximum atomic E-state index is 12.3. The summed E-state index contributed by atoms with van der Waals surface area (Å²) in [5, 5.41) is 0.382. The Morgan fingerprint density at radius 3 is 2.52 bits per heavy atom. The highest BCUT2D eigenvalue weighted by atomic mass is 35.5. The highest BCUT2D eigenvalue weighted by Crippen LogP contribution is 2.26. The van der Waals surface area contributed by atoms with Crippen LogP contribution in [0, 0.1) is 5.92 Å². The van der Waals surface area contributed by atoms with Gasteiger partial charge in [-0.1, -0.05) is 17.7 Å². The topological polar surface area (TPSA) is 72.5 Å². The molecule has 0 radical (unpaired) electrons. The van der Waals surface area contributed by atoms with Crippen molar-refractivity contribution in [2.75, 3.05) is 7.11 Å². The number of hydrogen-bond acceptors (Lipinski definition) is 4. The van der Waals surface area contributed by atoms with Crippen LogP contribution in [0.2, 0.25) is 5.02 Å². The van der Waals surface area contributed by atoms with Crippen molar-refractivity contribution >= 4 is 27.6 Å². The molecule has 0 bridgehead atoms. The van der Waals surface area contributed by atoms with E-state index >= 15 is 0 Å². The molecule has 2 rings (SSSR count). The number of rotatable bonds is 4. The molecule has 21 heavy (non-hydrogen) atoms. The first-order chi connectivity index (χ1) is 9.92. The standard InChI is InChI=1S/C14H18ClNO4S/c1-20-14(17)10-5-7-12(8-6-10)16-21(18,19)13-4-2-3-11(15)9-13/h2-4,9-10,12,16H,5-8H2,1H3. The van der Waals surface area contributed by atoms with E-state index in [0.717, 1.165) is 0 Å². The van der Waals surface area contributed by atoms with Gasteiger partial charge in [-0.3, -0.25) is 4.79 Å². The van der Waals surface area contributed by atoms with Gasteiger partial charge in [0.25, 0.3) is 0 Å². The summed E-state index contributed by atoms with van der Waals surface area (Å²) < 4.78 is 31.9. The molecule has 7 heteroatoms. The third-order valence-electron chi connectivity index (χ3n) is 3.69. The highest BCUT2D eigenvalue weighted by molar-refractivity contribution is 7.89. The number of halogens is 1. The van der Waals surface area contributed by atoms with Gasteiger partial charge in [0, 0.05) is 11.1 Å². The van der Waals surface area contributed by atoms with Gasteiger partial charge >= 0.3 is 5.97 Å². The number of carbonyl (C=O) groups excluding carboxylic acids is 1. The lowest BCUT2D eigenvalue weighted by Gasteiger charge is -2.27. The second-order valence-electron chi connectivity index (χ2n) is 5.15. The molecule has 1 aromatic carbocycles. The second kappa shape index (κ2) is 6.77. The Bertz CT molecular complexity index is 609. The molecule has 116 valence electrons. The molecule has 1 saturated carbocycles. The van der Waals surface area contributed by atoms with Crippen LogP contribution in [0.25, 0.3) is 0 Å². The second-order valence-corrected chi connectivity index (χ2v) is 7.30. The summed E-state index contributed by atoms with van der Waals surface area (Å²) in [5.74, 6) is -0.340. The predicted molar refractivity (Wildman–Crippen MR) is 79.5 cm³/mol. The quantitative estimate of drug-likeness (QED) is 0.860. The molecule has 5 nitrogen and oxygen atoms in total. The van der Waals surface area contributed by atoms with Crippen LogP contribution in [-0.2, 0) is 19.6 Å². The first kappa shape index (κ1) is 16.3. The zero-order chi connectivity index (χ0) is 15.5. The number of methoxy groups -OCH3 is 1. The van der Waals surface area contributed by atoms with Crippen LogP contribution >= 0.6 is 11.6 Å². The van der Waals surface area contributed by atoms with Gasteiger partial charge in [0.1, 0.15) is 0 Å². The first-order valence-electron chi connectivity index (χ1n) is 6.78. The van der Waals surface area contributed by atoms with Gasteiger partial charge in [-0.2, -0.15) is 0 Å². The van der Waals surface area contributed by atoms with Gasteiger partial charge in [-0.05, 0) is 43.9 Å².